The molecule has 0 aliphatic carbocycles. The standard InChI is InChI=1S/C20H15ClN2O2S2/c1-13-16(21)5-4-8-19(13)27(24,25)23-15-11-9-14(10-12-15)20-22-17-6-2-3-7-18(17)26-20/h2-12,23H,1H3. The number of hydrogen-bond donors (Lipinski definition) is 1. The van der Waals surface area contributed by atoms with Crippen molar-refractivity contribution >= 4 is 48.9 Å². The zero-order chi connectivity index (χ0) is 19.0. The van der Waals surface area contributed by atoms with E-state index >= 15 is 0 Å². The Hall–Kier alpha value is -2.41. The van der Waals surface area contributed by atoms with Gasteiger partial charge in [-0.15, -0.1) is 11.3 Å². The molecule has 27 heavy (non-hydrogen) atoms. The molecule has 7 heteroatoms. The number of hydrogen-bond acceptors (Lipinski definition) is 4. The highest BCUT2D eigenvalue weighted by Crippen LogP contribution is 2.31. The third kappa shape index (κ3) is 3.56. The van der Waals surface area contributed by atoms with Crippen LogP contribution in [0.1, 0.15) is 5.56 Å². The number of nitrogens with one attached hydrogen (secondary N) is 1. The summed E-state index contributed by atoms with van der Waals surface area (Å²) in [6, 6.07) is 20.0. The maximum absolute atomic E-state index is 12.7. The first-order valence-corrected chi connectivity index (χ1v) is 10.9. The number of aromatic nitrogens is 1. The largest absolute Gasteiger partial charge is 0.280 e. The number of benzene rings is 3. The normalized spacial score (nSPS) is 11.6. The van der Waals surface area contributed by atoms with Crippen molar-refractivity contribution in [2.45, 2.75) is 11.8 Å². The van der Waals surface area contributed by atoms with Gasteiger partial charge in [0.05, 0.1) is 15.1 Å². The van der Waals surface area contributed by atoms with Crippen LogP contribution in [-0.4, -0.2) is 13.4 Å². The number of para-hydroxylation sites is 1. The van der Waals surface area contributed by atoms with E-state index in [1.54, 1.807) is 48.6 Å². The molecule has 0 amide bonds. The maximum Gasteiger partial charge on any atom is 0.262 e. The molecule has 1 aromatic heterocycles. The van der Waals surface area contributed by atoms with Crippen molar-refractivity contribution in [2.24, 2.45) is 0 Å². The second kappa shape index (κ2) is 6.96. The molecule has 0 saturated heterocycles. The summed E-state index contributed by atoms with van der Waals surface area (Å²) in [4.78, 5) is 4.79. The van der Waals surface area contributed by atoms with Crippen LogP contribution in [-0.2, 0) is 10.0 Å². The van der Waals surface area contributed by atoms with Gasteiger partial charge >= 0.3 is 0 Å². The molecule has 0 atom stereocenters. The Kier molecular flexibility index (Phi) is 4.63. The minimum atomic E-state index is -3.71. The Balaban J connectivity index is 1.61. The number of sulfonamides is 1. The smallest absolute Gasteiger partial charge is 0.262 e. The van der Waals surface area contributed by atoms with E-state index in [0.717, 1.165) is 20.8 Å². The van der Waals surface area contributed by atoms with E-state index in [0.29, 0.717) is 16.3 Å². The molecule has 0 saturated carbocycles. The summed E-state index contributed by atoms with van der Waals surface area (Å²) in [6.07, 6.45) is 0. The molecule has 0 spiro atoms. The van der Waals surface area contributed by atoms with Gasteiger partial charge in [0.2, 0.25) is 0 Å². The van der Waals surface area contributed by atoms with Crippen molar-refractivity contribution in [3.63, 3.8) is 0 Å². The zero-order valence-electron chi connectivity index (χ0n) is 14.3. The highest BCUT2D eigenvalue weighted by Gasteiger charge is 2.18. The molecule has 4 nitrogen and oxygen atoms in total. The second-order valence-electron chi connectivity index (χ2n) is 6.03. The molecule has 0 unspecified atom stereocenters. The van der Waals surface area contributed by atoms with Crippen LogP contribution >= 0.6 is 22.9 Å². The van der Waals surface area contributed by atoms with Gasteiger partial charge in [0.1, 0.15) is 5.01 Å². The second-order valence-corrected chi connectivity index (χ2v) is 9.12. The van der Waals surface area contributed by atoms with Crippen LogP contribution in [0.2, 0.25) is 5.02 Å². The molecule has 4 rings (SSSR count). The summed E-state index contributed by atoms with van der Waals surface area (Å²) in [7, 11) is -3.71. The Morgan fingerprint density at radius 2 is 1.70 bits per heavy atom. The molecule has 0 radical (unpaired) electrons. The van der Waals surface area contributed by atoms with Gasteiger partial charge in [-0.1, -0.05) is 29.8 Å². The van der Waals surface area contributed by atoms with Crippen molar-refractivity contribution < 1.29 is 8.42 Å². The summed E-state index contributed by atoms with van der Waals surface area (Å²) in [6.45, 7) is 1.69. The first kappa shape index (κ1) is 18.0. The van der Waals surface area contributed by atoms with E-state index in [2.05, 4.69) is 9.71 Å². The summed E-state index contributed by atoms with van der Waals surface area (Å²) in [5.41, 5.74) is 2.91. The van der Waals surface area contributed by atoms with Crippen LogP contribution in [0.5, 0.6) is 0 Å². The van der Waals surface area contributed by atoms with E-state index in [-0.39, 0.29) is 4.90 Å². The quantitative estimate of drug-likeness (QED) is 0.464. The summed E-state index contributed by atoms with van der Waals surface area (Å²) in [5.74, 6) is 0. The molecule has 136 valence electrons. The van der Waals surface area contributed by atoms with Gasteiger partial charge in [0, 0.05) is 16.3 Å². The fourth-order valence-electron chi connectivity index (χ4n) is 2.77. The van der Waals surface area contributed by atoms with Gasteiger partial charge in [0.15, 0.2) is 0 Å². The Labute approximate surface area is 166 Å². The van der Waals surface area contributed by atoms with Gasteiger partial charge in [-0.2, -0.15) is 0 Å². The van der Waals surface area contributed by atoms with Crippen molar-refractivity contribution in [3.8, 4) is 10.6 Å². The van der Waals surface area contributed by atoms with E-state index in [1.807, 2.05) is 36.4 Å². The van der Waals surface area contributed by atoms with Crippen LogP contribution < -0.4 is 4.72 Å². The highest BCUT2D eigenvalue weighted by atomic mass is 35.5. The van der Waals surface area contributed by atoms with E-state index in [9.17, 15) is 8.42 Å². The van der Waals surface area contributed by atoms with E-state index < -0.39 is 10.0 Å². The molecule has 4 aromatic rings. The van der Waals surface area contributed by atoms with Gasteiger partial charge in [-0.05, 0) is 61.0 Å². The van der Waals surface area contributed by atoms with Gasteiger partial charge < -0.3 is 0 Å². The first-order valence-electron chi connectivity index (χ1n) is 8.18. The highest BCUT2D eigenvalue weighted by molar-refractivity contribution is 7.92. The number of halogens is 1. The molecular formula is C20H15ClN2O2S2. The molecular weight excluding hydrogens is 400 g/mol. The molecule has 0 fully saturated rings. The lowest BCUT2D eigenvalue weighted by molar-refractivity contribution is 0.600. The monoisotopic (exact) mass is 414 g/mol. The fraction of sp³-hybridized carbons (Fsp3) is 0.0500. The maximum atomic E-state index is 12.7. The lowest BCUT2D eigenvalue weighted by atomic mass is 10.2. The van der Waals surface area contributed by atoms with Gasteiger partial charge in [0.25, 0.3) is 10.0 Å². The molecule has 1 heterocycles. The molecule has 0 aliphatic heterocycles. The predicted molar refractivity (Wildman–Crippen MR) is 112 cm³/mol. The summed E-state index contributed by atoms with van der Waals surface area (Å²) in [5, 5.41) is 1.32. The lowest BCUT2D eigenvalue weighted by Gasteiger charge is -2.11. The molecule has 3 aromatic carbocycles. The number of anilines is 1. The van der Waals surface area contributed by atoms with Gasteiger partial charge in [-0.3, -0.25) is 4.72 Å². The average molecular weight is 415 g/mol. The molecule has 1 N–H and O–H groups in total. The van der Waals surface area contributed by atoms with Crippen molar-refractivity contribution in [1.82, 2.24) is 4.98 Å². The third-order valence-electron chi connectivity index (χ3n) is 4.19. The molecule has 0 aliphatic rings. The van der Waals surface area contributed by atoms with Crippen LogP contribution in [0.4, 0.5) is 5.69 Å². The van der Waals surface area contributed by atoms with Crippen LogP contribution in [0.15, 0.2) is 71.6 Å². The fourth-order valence-corrected chi connectivity index (χ4v) is 5.29. The predicted octanol–water partition coefficient (Wildman–Crippen LogP) is 5.73. The lowest BCUT2D eigenvalue weighted by Crippen LogP contribution is -2.14. The van der Waals surface area contributed by atoms with Gasteiger partial charge in [-0.25, -0.2) is 13.4 Å². The van der Waals surface area contributed by atoms with Crippen LogP contribution in [0.25, 0.3) is 20.8 Å². The Morgan fingerprint density at radius 1 is 0.963 bits per heavy atom. The summed E-state index contributed by atoms with van der Waals surface area (Å²) < 4.78 is 29.1. The van der Waals surface area contributed by atoms with E-state index in [4.69, 9.17) is 11.6 Å². The topological polar surface area (TPSA) is 59.1 Å². The minimum Gasteiger partial charge on any atom is -0.280 e. The van der Waals surface area contributed by atoms with Crippen LogP contribution in [0, 0.1) is 6.92 Å². The SMILES string of the molecule is Cc1c(Cl)cccc1S(=O)(=O)Nc1ccc(-c2nc3ccccc3s2)cc1. The average Bonchev–Trinajstić information content (AvgIpc) is 3.08. The van der Waals surface area contributed by atoms with Crippen LogP contribution in [0.3, 0.4) is 0 Å². The number of fused-ring (bicyclic) bond motifs is 1. The van der Waals surface area contributed by atoms with Crippen molar-refractivity contribution in [1.29, 1.82) is 0 Å². The third-order valence-corrected chi connectivity index (χ3v) is 7.21. The van der Waals surface area contributed by atoms with Crippen molar-refractivity contribution in [2.75, 3.05) is 4.72 Å². The number of nitrogens with zero attached hydrogens (tertiary/aromatic N) is 1. The Morgan fingerprint density at radius 3 is 2.44 bits per heavy atom. The summed E-state index contributed by atoms with van der Waals surface area (Å²) >= 11 is 7.65. The first-order chi connectivity index (χ1) is 12.9. The van der Waals surface area contributed by atoms with Crippen molar-refractivity contribution in [3.05, 3.63) is 77.3 Å². The minimum absolute atomic E-state index is 0.172. The van der Waals surface area contributed by atoms with E-state index in [1.165, 1.54) is 0 Å². The number of rotatable bonds is 4. The molecule has 0 bridgehead atoms. The number of thiazole rings is 1. The zero-order valence-corrected chi connectivity index (χ0v) is 16.7. The Bertz CT molecular complexity index is 1200.